The molecule has 0 radical (unpaired) electrons. The molecule has 1 aromatic carbocycles. The molecule has 1 aliphatic heterocycles. The number of ether oxygens (including phenoxy) is 1. The van der Waals surface area contributed by atoms with Gasteiger partial charge in [0.2, 0.25) is 5.91 Å². The van der Waals surface area contributed by atoms with Crippen LogP contribution in [0.4, 0.5) is 5.69 Å². The van der Waals surface area contributed by atoms with Gasteiger partial charge in [-0.2, -0.15) is 0 Å². The van der Waals surface area contributed by atoms with E-state index in [4.69, 9.17) is 4.74 Å². The maximum Gasteiger partial charge on any atom is 0.263 e. The Hall–Kier alpha value is -2.34. The average molecular weight is 330 g/mol. The average Bonchev–Trinajstić information content (AvgIpc) is 3.00. The molecule has 0 atom stereocenters. The number of rotatable bonds is 4. The first-order valence-corrected chi connectivity index (χ1v) is 8.24. The fourth-order valence-corrected chi connectivity index (χ4v) is 3.21. The van der Waals surface area contributed by atoms with Gasteiger partial charge in [0.05, 0.1) is 23.6 Å². The molecule has 0 bridgehead atoms. The van der Waals surface area contributed by atoms with Gasteiger partial charge in [-0.3, -0.25) is 9.59 Å². The van der Waals surface area contributed by atoms with E-state index in [0.717, 1.165) is 5.56 Å². The zero-order valence-corrected chi connectivity index (χ0v) is 13.9. The van der Waals surface area contributed by atoms with Gasteiger partial charge in [-0.25, -0.2) is 0 Å². The van der Waals surface area contributed by atoms with Crippen molar-refractivity contribution in [3.8, 4) is 5.75 Å². The molecule has 1 fully saturated rings. The van der Waals surface area contributed by atoms with Crippen molar-refractivity contribution in [3.63, 3.8) is 0 Å². The van der Waals surface area contributed by atoms with E-state index in [1.165, 1.54) is 11.3 Å². The van der Waals surface area contributed by atoms with Crippen molar-refractivity contribution in [2.24, 2.45) is 5.92 Å². The van der Waals surface area contributed by atoms with Crippen LogP contribution in [0.15, 0.2) is 35.7 Å². The van der Waals surface area contributed by atoms with Gasteiger partial charge in [0, 0.05) is 13.1 Å². The van der Waals surface area contributed by atoms with Crippen LogP contribution in [0, 0.1) is 12.8 Å². The Labute approximate surface area is 138 Å². The van der Waals surface area contributed by atoms with Crippen molar-refractivity contribution in [1.29, 1.82) is 0 Å². The lowest BCUT2D eigenvalue weighted by Gasteiger charge is -2.38. The Morgan fingerprint density at radius 2 is 2.09 bits per heavy atom. The van der Waals surface area contributed by atoms with Crippen LogP contribution in [0.5, 0.6) is 5.75 Å². The lowest BCUT2D eigenvalue weighted by molar-refractivity contribution is -0.123. The molecule has 0 aliphatic carbocycles. The molecule has 120 valence electrons. The molecule has 3 rings (SSSR count). The van der Waals surface area contributed by atoms with Crippen LogP contribution >= 0.6 is 11.3 Å². The number of nitrogens with one attached hydrogen (secondary N) is 1. The van der Waals surface area contributed by atoms with Crippen LogP contribution in [0.25, 0.3) is 0 Å². The Morgan fingerprint density at radius 3 is 2.74 bits per heavy atom. The summed E-state index contributed by atoms with van der Waals surface area (Å²) < 4.78 is 5.26. The fraction of sp³-hybridized carbons (Fsp3) is 0.294. The van der Waals surface area contributed by atoms with Crippen LogP contribution < -0.4 is 10.1 Å². The van der Waals surface area contributed by atoms with Crippen LogP contribution in [0.1, 0.15) is 15.2 Å². The first-order valence-electron chi connectivity index (χ1n) is 7.37. The monoisotopic (exact) mass is 330 g/mol. The van der Waals surface area contributed by atoms with Crippen molar-refractivity contribution < 1.29 is 14.3 Å². The van der Waals surface area contributed by atoms with E-state index in [0.29, 0.717) is 29.4 Å². The van der Waals surface area contributed by atoms with E-state index in [1.807, 2.05) is 36.6 Å². The summed E-state index contributed by atoms with van der Waals surface area (Å²) in [6.45, 7) is 2.87. The number of aryl methyl sites for hydroxylation is 1. The SMILES string of the molecule is COc1ccc(C)cc1NC(=O)C1CN(C(=O)c2cccs2)C1. The number of likely N-dealkylation sites (tertiary alicyclic amines) is 1. The number of carbonyl (C=O) groups excluding carboxylic acids is 2. The number of hydrogen-bond donors (Lipinski definition) is 1. The summed E-state index contributed by atoms with van der Waals surface area (Å²) in [5.41, 5.74) is 1.71. The van der Waals surface area contributed by atoms with Crippen molar-refractivity contribution in [3.05, 3.63) is 46.2 Å². The molecule has 2 amide bonds. The number of methoxy groups -OCH3 is 1. The van der Waals surface area contributed by atoms with Gasteiger partial charge < -0.3 is 15.0 Å². The number of carbonyl (C=O) groups is 2. The van der Waals surface area contributed by atoms with E-state index >= 15 is 0 Å². The second-order valence-corrected chi connectivity index (χ2v) is 6.53. The lowest BCUT2D eigenvalue weighted by Crippen LogP contribution is -2.54. The van der Waals surface area contributed by atoms with Gasteiger partial charge in [-0.05, 0) is 36.1 Å². The van der Waals surface area contributed by atoms with Gasteiger partial charge in [-0.1, -0.05) is 12.1 Å². The Morgan fingerprint density at radius 1 is 1.30 bits per heavy atom. The number of hydrogen-bond acceptors (Lipinski definition) is 4. The van der Waals surface area contributed by atoms with Gasteiger partial charge in [0.15, 0.2) is 0 Å². The molecule has 0 saturated carbocycles. The first-order chi connectivity index (χ1) is 11.1. The molecule has 23 heavy (non-hydrogen) atoms. The van der Waals surface area contributed by atoms with E-state index < -0.39 is 0 Å². The standard InChI is InChI=1S/C17H18N2O3S/c1-11-5-6-14(22-2)13(8-11)18-16(20)12-9-19(10-12)17(21)15-4-3-7-23-15/h3-8,12H,9-10H2,1-2H3,(H,18,20). The van der Waals surface area contributed by atoms with Crippen LogP contribution in [0.2, 0.25) is 0 Å². The molecule has 1 saturated heterocycles. The maximum atomic E-state index is 12.3. The summed E-state index contributed by atoms with van der Waals surface area (Å²) in [5.74, 6) is 0.375. The summed E-state index contributed by atoms with van der Waals surface area (Å²) >= 11 is 1.42. The highest BCUT2D eigenvalue weighted by Gasteiger charge is 2.36. The van der Waals surface area contributed by atoms with Crippen molar-refractivity contribution in [2.75, 3.05) is 25.5 Å². The van der Waals surface area contributed by atoms with Gasteiger partial charge >= 0.3 is 0 Å². The van der Waals surface area contributed by atoms with Crippen LogP contribution in [0.3, 0.4) is 0 Å². The number of nitrogens with zero attached hydrogens (tertiary/aromatic N) is 1. The molecule has 2 aromatic rings. The lowest BCUT2D eigenvalue weighted by atomic mass is 9.98. The van der Waals surface area contributed by atoms with E-state index in [1.54, 1.807) is 18.1 Å². The van der Waals surface area contributed by atoms with Crippen molar-refractivity contribution >= 4 is 28.8 Å². The van der Waals surface area contributed by atoms with Crippen molar-refractivity contribution in [1.82, 2.24) is 4.90 Å². The van der Waals surface area contributed by atoms with Crippen LogP contribution in [-0.4, -0.2) is 36.9 Å². The minimum atomic E-state index is -0.177. The molecule has 0 unspecified atom stereocenters. The zero-order chi connectivity index (χ0) is 16.4. The number of anilines is 1. The van der Waals surface area contributed by atoms with E-state index in [-0.39, 0.29) is 17.7 Å². The van der Waals surface area contributed by atoms with Crippen molar-refractivity contribution in [2.45, 2.75) is 6.92 Å². The number of benzene rings is 1. The molecule has 0 spiro atoms. The zero-order valence-electron chi connectivity index (χ0n) is 13.0. The molecule has 1 aromatic heterocycles. The smallest absolute Gasteiger partial charge is 0.263 e. The molecule has 5 nitrogen and oxygen atoms in total. The third-order valence-electron chi connectivity index (χ3n) is 3.88. The van der Waals surface area contributed by atoms with Gasteiger partial charge in [0.1, 0.15) is 5.75 Å². The van der Waals surface area contributed by atoms with E-state index in [9.17, 15) is 9.59 Å². The third kappa shape index (κ3) is 3.22. The Kier molecular flexibility index (Phi) is 4.34. The highest BCUT2D eigenvalue weighted by atomic mass is 32.1. The van der Waals surface area contributed by atoms with Gasteiger partial charge in [-0.15, -0.1) is 11.3 Å². The summed E-state index contributed by atoms with van der Waals surface area (Å²) in [4.78, 5) is 26.9. The predicted octanol–water partition coefficient (Wildman–Crippen LogP) is 2.78. The summed E-state index contributed by atoms with van der Waals surface area (Å²) in [6, 6.07) is 9.30. The third-order valence-corrected chi connectivity index (χ3v) is 4.74. The minimum absolute atomic E-state index is 0.00261. The summed E-state index contributed by atoms with van der Waals surface area (Å²) in [7, 11) is 1.57. The number of thiophene rings is 1. The fourth-order valence-electron chi connectivity index (χ4n) is 2.52. The largest absolute Gasteiger partial charge is 0.495 e. The highest BCUT2D eigenvalue weighted by Crippen LogP contribution is 2.27. The molecule has 1 aliphatic rings. The normalized spacial score (nSPS) is 14.3. The topological polar surface area (TPSA) is 58.6 Å². The van der Waals surface area contributed by atoms with Gasteiger partial charge in [0.25, 0.3) is 5.91 Å². The van der Waals surface area contributed by atoms with E-state index in [2.05, 4.69) is 5.32 Å². The molecule has 6 heteroatoms. The molecular formula is C17H18N2O3S. The summed E-state index contributed by atoms with van der Waals surface area (Å²) in [5, 5.41) is 4.78. The predicted molar refractivity (Wildman–Crippen MR) is 90.1 cm³/mol. The maximum absolute atomic E-state index is 12.3. The molecular weight excluding hydrogens is 312 g/mol. The highest BCUT2D eigenvalue weighted by molar-refractivity contribution is 7.12. The van der Waals surface area contributed by atoms with Crippen LogP contribution in [-0.2, 0) is 4.79 Å². The number of amides is 2. The first kappa shape index (κ1) is 15.6. The summed E-state index contributed by atoms with van der Waals surface area (Å²) in [6.07, 6.45) is 0. The molecule has 1 N–H and O–H groups in total. The quantitative estimate of drug-likeness (QED) is 0.938. The second kappa shape index (κ2) is 6.42. The molecule has 2 heterocycles. The Bertz CT molecular complexity index is 721. The second-order valence-electron chi connectivity index (χ2n) is 5.58. The minimum Gasteiger partial charge on any atom is -0.495 e. The Balaban J connectivity index is 1.59.